The van der Waals surface area contributed by atoms with Gasteiger partial charge in [0.15, 0.2) is 6.10 Å². The van der Waals surface area contributed by atoms with E-state index in [-0.39, 0.29) is 35.9 Å². The number of H-pyrrole nitrogens is 1. The van der Waals surface area contributed by atoms with Crippen LogP contribution in [-0.4, -0.2) is 101 Å². The fourth-order valence-corrected chi connectivity index (χ4v) is 9.92. The number of carbonyl (C=O) groups excluding carboxylic acids is 4. The Bertz CT molecular complexity index is 2870. The highest BCUT2D eigenvalue weighted by Gasteiger charge is 2.40. The van der Waals surface area contributed by atoms with Crippen LogP contribution in [0.1, 0.15) is 68.6 Å². The number of hydrogen-bond donors (Lipinski definition) is 3. The smallest absolute Gasteiger partial charge is 0.408 e. The summed E-state index contributed by atoms with van der Waals surface area (Å²) in [4.78, 5) is 70.0. The van der Waals surface area contributed by atoms with Crippen LogP contribution in [0.5, 0.6) is 0 Å². The molecule has 0 spiro atoms. The number of nitrogens with one attached hydrogen (secondary N) is 3. The highest BCUT2D eigenvalue weighted by Crippen LogP contribution is 2.39. The van der Waals surface area contributed by atoms with E-state index in [1.807, 2.05) is 60.2 Å². The maximum atomic E-state index is 14.2. The molecule has 3 N–H and O–H groups in total. The third-order valence-corrected chi connectivity index (χ3v) is 13.5. The molecule has 5 heterocycles. The first-order valence-corrected chi connectivity index (χ1v) is 22.9. The van der Waals surface area contributed by atoms with E-state index in [0.717, 1.165) is 81.0 Å². The van der Waals surface area contributed by atoms with Gasteiger partial charge in [0.05, 0.1) is 50.0 Å². The number of likely N-dealkylation sites (tertiary alicyclic amines) is 2. The maximum absolute atomic E-state index is 14.2. The van der Waals surface area contributed by atoms with Crippen LogP contribution in [0.3, 0.4) is 0 Å². The number of hydrogen-bond acceptors (Lipinski definition) is 9. The molecule has 4 aliphatic heterocycles. The summed E-state index contributed by atoms with van der Waals surface area (Å²) in [6.07, 6.45) is 4.21. The number of ether oxygens (including phenoxy) is 3. The van der Waals surface area contributed by atoms with Gasteiger partial charge in [0.25, 0.3) is 5.91 Å². The van der Waals surface area contributed by atoms with Crippen LogP contribution in [0.15, 0.2) is 108 Å². The number of carbonyl (C=O) groups is 4. The van der Waals surface area contributed by atoms with Crippen molar-refractivity contribution in [3.63, 3.8) is 0 Å². The molecule has 4 atom stereocenters. The lowest BCUT2D eigenvalue weighted by Crippen LogP contribution is -2.53. The fourth-order valence-electron chi connectivity index (χ4n) is 9.92. The summed E-state index contributed by atoms with van der Waals surface area (Å²) >= 11 is 0. The summed E-state index contributed by atoms with van der Waals surface area (Å²) in [6, 6.07) is 31.0. The monoisotopic (exact) mass is 887 g/mol. The lowest BCUT2D eigenvalue weighted by molar-refractivity contribution is -0.135. The van der Waals surface area contributed by atoms with Crippen LogP contribution in [0.2, 0.25) is 0 Å². The van der Waals surface area contributed by atoms with Crippen LogP contribution < -0.4 is 10.6 Å². The van der Waals surface area contributed by atoms with E-state index in [1.165, 1.54) is 12.7 Å². The molecule has 3 saturated heterocycles. The molecule has 14 nitrogen and oxygen atoms in total. The molecule has 338 valence electrons. The molecular weight excluding hydrogens is 835 g/mol. The Morgan fingerprint density at radius 1 is 0.758 bits per heavy atom. The van der Waals surface area contributed by atoms with Gasteiger partial charge >= 0.3 is 12.2 Å². The Hall–Kier alpha value is -7.06. The summed E-state index contributed by atoms with van der Waals surface area (Å²) in [5, 5.41) is 10.0. The third-order valence-electron chi connectivity index (χ3n) is 13.5. The first-order chi connectivity index (χ1) is 32.1. The molecular formula is C52H53N7O7. The number of fused-ring (bicyclic) bond motifs is 4. The number of imidazole rings is 1. The van der Waals surface area contributed by atoms with Crippen molar-refractivity contribution >= 4 is 56.9 Å². The Balaban J connectivity index is 0.828. The van der Waals surface area contributed by atoms with Gasteiger partial charge in [-0.15, -0.1) is 0 Å². The average molecular weight is 888 g/mol. The largest absolute Gasteiger partial charge is 0.453 e. The number of alkyl carbamates (subject to hydrolysis) is 2. The topological polar surface area (TPSA) is 168 Å². The van der Waals surface area contributed by atoms with Crippen molar-refractivity contribution in [1.29, 1.82) is 0 Å². The van der Waals surface area contributed by atoms with E-state index in [9.17, 15) is 19.2 Å². The van der Waals surface area contributed by atoms with Gasteiger partial charge in [0.1, 0.15) is 17.9 Å². The average Bonchev–Trinajstić information content (AvgIpc) is 4.17. The van der Waals surface area contributed by atoms with Crippen molar-refractivity contribution < 1.29 is 33.4 Å². The van der Waals surface area contributed by atoms with Crippen molar-refractivity contribution in [2.45, 2.75) is 76.2 Å². The van der Waals surface area contributed by atoms with Gasteiger partial charge in [-0.05, 0) is 99.7 Å². The van der Waals surface area contributed by atoms with E-state index < -0.39 is 24.3 Å². The zero-order valence-corrected chi connectivity index (χ0v) is 37.3. The number of aromatic nitrogens is 2. The van der Waals surface area contributed by atoms with Gasteiger partial charge in [-0.2, -0.15) is 0 Å². The zero-order valence-electron chi connectivity index (χ0n) is 37.3. The van der Waals surface area contributed by atoms with E-state index in [0.29, 0.717) is 44.1 Å². The Kier molecular flexibility index (Phi) is 11.7. The summed E-state index contributed by atoms with van der Waals surface area (Å²) in [5.41, 5.74) is 7.86. The van der Waals surface area contributed by atoms with Gasteiger partial charge in [0, 0.05) is 30.8 Å². The normalized spacial score (nSPS) is 19.1. The first-order valence-electron chi connectivity index (χ1n) is 22.9. The SMILES string of the molecule is COC(=O)N[C@H](C(=O)N1CCC[C@H]1C1=Nc2ccc3cc(-c4ccc5cc(-c6cnc([C@@H]7CCCN7C(=O)[C@H](NC(=O)OC7COC7)c7ccccc7)[nH]6)ccc5c4)ccc3c2C1)C(C)C. The molecule has 0 aliphatic carbocycles. The summed E-state index contributed by atoms with van der Waals surface area (Å²) < 4.78 is 15.4. The van der Waals surface area contributed by atoms with Gasteiger partial charge < -0.3 is 39.6 Å². The van der Waals surface area contributed by atoms with Crippen LogP contribution in [0, 0.1) is 5.92 Å². The minimum absolute atomic E-state index is 0.0948. The van der Waals surface area contributed by atoms with Gasteiger partial charge in [0.2, 0.25) is 5.91 Å². The molecule has 10 rings (SSSR count). The molecule has 3 fully saturated rings. The molecule has 0 radical (unpaired) electrons. The Labute approximate surface area is 382 Å². The molecule has 14 heteroatoms. The maximum Gasteiger partial charge on any atom is 0.408 e. The summed E-state index contributed by atoms with van der Waals surface area (Å²) in [7, 11) is 1.31. The van der Waals surface area contributed by atoms with Gasteiger partial charge in [-0.25, -0.2) is 14.6 Å². The van der Waals surface area contributed by atoms with Crippen LogP contribution in [-0.2, 0) is 30.2 Å². The number of rotatable bonds is 11. The van der Waals surface area contributed by atoms with Crippen molar-refractivity contribution in [2.24, 2.45) is 10.9 Å². The van der Waals surface area contributed by atoms with E-state index >= 15 is 0 Å². The molecule has 66 heavy (non-hydrogen) atoms. The number of aromatic amines is 1. The zero-order chi connectivity index (χ0) is 45.5. The Morgan fingerprint density at radius 2 is 1.42 bits per heavy atom. The molecule has 4 aliphatic rings. The van der Waals surface area contributed by atoms with Crippen molar-refractivity contribution in [2.75, 3.05) is 33.4 Å². The molecule has 0 unspecified atom stereocenters. The molecule has 5 aromatic carbocycles. The number of methoxy groups -OCH3 is 1. The molecule has 0 bridgehead atoms. The summed E-state index contributed by atoms with van der Waals surface area (Å²) in [5.74, 6) is 0.302. The lowest BCUT2D eigenvalue weighted by atomic mass is 9.94. The standard InChI is InChI=1S/C52H53N7O7/c1-30(2)46(56-51(62)64-3)49(60)58-21-7-11-44(58)42-26-40-39-19-17-35(24-36(39)18-20-41(40)54-42)32-13-14-34-25-37(16-15-33(34)23-32)43-27-53-48(55-43)45-12-8-22-59(45)50(61)47(31-9-5-4-6-10-31)57-52(63)66-38-28-65-29-38/h4-6,9-10,13-20,23-25,27,30,38,44-47H,7-8,11-12,21-22,26,28-29H2,1-3H3,(H,53,55)(H,56,62)(H,57,63)/t44-,45-,46-,47+/m0/s1. The van der Waals surface area contributed by atoms with Crippen molar-refractivity contribution in [3.05, 3.63) is 120 Å². The highest BCUT2D eigenvalue weighted by atomic mass is 16.6. The molecule has 1 aromatic heterocycles. The van der Waals surface area contributed by atoms with Gasteiger partial charge in [-0.1, -0.05) is 86.6 Å². The van der Waals surface area contributed by atoms with Crippen LogP contribution >= 0.6 is 0 Å². The predicted molar refractivity (Wildman–Crippen MR) is 251 cm³/mol. The summed E-state index contributed by atoms with van der Waals surface area (Å²) in [6.45, 7) is 5.73. The quantitative estimate of drug-likeness (QED) is 0.116. The lowest BCUT2D eigenvalue weighted by Gasteiger charge is -2.30. The van der Waals surface area contributed by atoms with E-state index in [2.05, 4.69) is 82.3 Å². The van der Waals surface area contributed by atoms with Crippen LogP contribution in [0.25, 0.3) is 43.9 Å². The minimum Gasteiger partial charge on any atom is -0.453 e. The highest BCUT2D eigenvalue weighted by molar-refractivity contribution is 6.06. The van der Waals surface area contributed by atoms with Gasteiger partial charge in [-0.3, -0.25) is 14.6 Å². The number of nitrogens with zero attached hydrogens (tertiary/aromatic N) is 4. The predicted octanol–water partition coefficient (Wildman–Crippen LogP) is 8.58. The number of amides is 4. The van der Waals surface area contributed by atoms with Crippen molar-refractivity contribution in [1.82, 2.24) is 30.4 Å². The fraction of sp³-hybridized carbons (Fsp3) is 0.346. The minimum atomic E-state index is -0.908. The van der Waals surface area contributed by atoms with Crippen LogP contribution in [0.4, 0.5) is 15.3 Å². The molecule has 0 saturated carbocycles. The van der Waals surface area contributed by atoms with E-state index in [1.54, 1.807) is 0 Å². The van der Waals surface area contributed by atoms with Crippen molar-refractivity contribution in [3.8, 4) is 22.4 Å². The number of benzene rings is 5. The molecule has 6 aromatic rings. The second-order valence-electron chi connectivity index (χ2n) is 18.0. The third kappa shape index (κ3) is 8.37. The molecule has 4 amide bonds. The second-order valence-corrected chi connectivity index (χ2v) is 18.0. The number of aliphatic imine (C=N–C) groups is 1. The Morgan fingerprint density at radius 3 is 2.14 bits per heavy atom. The first kappa shape index (κ1) is 42.9. The van der Waals surface area contributed by atoms with E-state index in [4.69, 9.17) is 24.2 Å². The second kappa shape index (κ2) is 18.1.